The van der Waals surface area contributed by atoms with Gasteiger partial charge in [-0.3, -0.25) is 0 Å². The van der Waals surface area contributed by atoms with Crippen molar-refractivity contribution in [1.82, 2.24) is 0 Å². The molecule has 2 aliphatic rings. The van der Waals surface area contributed by atoms with E-state index in [2.05, 4.69) is 21.9 Å². The third kappa shape index (κ3) is 3.12. The molecule has 0 aromatic heterocycles. The summed E-state index contributed by atoms with van der Waals surface area (Å²) in [4.78, 5) is 4.31. The number of hydrogen-bond acceptors (Lipinski definition) is 6. The van der Waals surface area contributed by atoms with E-state index in [9.17, 15) is 10.2 Å². The molecule has 32 heavy (non-hydrogen) atoms. The summed E-state index contributed by atoms with van der Waals surface area (Å²) in [6.45, 7) is 2.37. The summed E-state index contributed by atoms with van der Waals surface area (Å²) in [7, 11) is 0. The lowest BCUT2D eigenvalue weighted by atomic mass is 9.96. The molecule has 0 bridgehead atoms. The summed E-state index contributed by atoms with van der Waals surface area (Å²) in [5, 5.41) is 21.5. The van der Waals surface area contributed by atoms with Crippen molar-refractivity contribution in [2.45, 2.75) is 13.1 Å². The minimum atomic E-state index is 0.252. The molecule has 0 fully saturated rings. The lowest BCUT2D eigenvalue weighted by molar-refractivity contribution is 0.288. The third-order valence-corrected chi connectivity index (χ3v) is 6.22. The van der Waals surface area contributed by atoms with Crippen molar-refractivity contribution in [3.63, 3.8) is 0 Å². The van der Waals surface area contributed by atoms with Crippen LogP contribution in [0.2, 0.25) is 0 Å². The van der Waals surface area contributed by atoms with Crippen molar-refractivity contribution in [3.05, 3.63) is 83.9 Å². The highest BCUT2D eigenvalue weighted by Crippen LogP contribution is 2.40. The van der Waals surface area contributed by atoms with Gasteiger partial charge in [-0.25, -0.2) is 0 Å². The Balaban J connectivity index is 1.38. The fraction of sp³-hybridized carbons (Fsp3) is 0.154. The van der Waals surface area contributed by atoms with Crippen LogP contribution in [-0.4, -0.2) is 23.7 Å². The van der Waals surface area contributed by atoms with Crippen LogP contribution in [0.25, 0.3) is 10.8 Å². The maximum atomic E-state index is 9.61. The molecule has 2 N–H and O–H groups in total. The van der Waals surface area contributed by atoms with Gasteiger partial charge in [-0.1, -0.05) is 12.1 Å². The van der Waals surface area contributed by atoms with E-state index in [1.165, 1.54) is 0 Å². The van der Waals surface area contributed by atoms with E-state index in [0.717, 1.165) is 57.9 Å². The van der Waals surface area contributed by atoms with Crippen LogP contribution in [0.4, 0.5) is 11.4 Å². The van der Waals surface area contributed by atoms with Gasteiger partial charge in [-0.2, -0.15) is 0 Å². The average Bonchev–Trinajstić information content (AvgIpc) is 2.84. The van der Waals surface area contributed by atoms with E-state index in [1.807, 2.05) is 36.4 Å². The van der Waals surface area contributed by atoms with Crippen LogP contribution in [0.1, 0.15) is 11.1 Å². The lowest BCUT2D eigenvalue weighted by Crippen LogP contribution is -2.33. The normalized spacial score (nSPS) is 15.0. The maximum absolute atomic E-state index is 9.61. The Bertz CT molecular complexity index is 1200. The molecule has 2 heterocycles. The predicted octanol–water partition coefficient (Wildman–Crippen LogP) is 4.96. The maximum Gasteiger partial charge on any atom is 0.161 e. The number of fused-ring (bicyclic) bond motifs is 5. The first-order valence-corrected chi connectivity index (χ1v) is 10.6. The second kappa shape index (κ2) is 7.27. The molecule has 0 aliphatic carbocycles. The van der Waals surface area contributed by atoms with Crippen molar-refractivity contribution in [1.29, 1.82) is 0 Å². The molecule has 160 valence electrons. The lowest BCUT2D eigenvalue weighted by Gasteiger charge is -2.34. The minimum absolute atomic E-state index is 0.252. The molecule has 0 atom stereocenters. The topological polar surface area (TPSA) is 65.4 Å². The van der Waals surface area contributed by atoms with E-state index in [-0.39, 0.29) is 11.5 Å². The predicted molar refractivity (Wildman–Crippen MR) is 124 cm³/mol. The summed E-state index contributed by atoms with van der Waals surface area (Å²) >= 11 is 0. The molecule has 0 unspecified atom stereocenters. The zero-order valence-corrected chi connectivity index (χ0v) is 17.4. The monoisotopic (exact) mass is 426 g/mol. The Kier molecular flexibility index (Phi) is 4.24. The summed E-state index contributed by atoms with van der Waals surface area (Å²) in [5.41, 5.74) is 4.30. The van der Waals surface area contributed by atoms with Crippen LogP contribution in [0.5, 0.6) is 23.0 Å². The molecule has 0 spiro atoms. The Morgan fingerprint density at radius 1 is 0.531 bits per heavy atom. The van der Waals surface area contributed by atoms with Crippen LogP contribution >= 0.6 is 0 Å². The van der Waals surface area contributed by atoms with Crippen LogP contribution in [-0.2, 0) is 13.1 Å². The highest BCUT2D eigenvalue weighted by molar-refractivity contribution is 5.93. The molecule has 6 heteroatoms. The number of anilines is 2. The number of hydrogen-bond donors (Lipinski definition) is 2. The van der Waals surface area contributed by atoms with Crippen molar-refractivity contribution in [2.75, 3.05) is 23.3 Å². The molecule has 4 aromatic rings. The average molecular weight is 426 g/mol. The highest BCUT2D eigenvalue weighted by atomic mass is 16.5. The summed E-state index contributed by atoms with van der Waals surface area (Å²) < 4.78 is 12.1. The Hall–Kier alpha value is -4.06. The molecule has 4 aromatic carbocycles. The first kappa shape index (κ1) is 18.7. The fourth-order valence-electron chi connectivity index (χ4n) is 4.51. The van der Waals surface area contributed by atoms with Crippen molar-refractivity contribution in [3.8, 4) is 23.0 Å². The smallest absolute Gasteiger partial charge is 0.161 e. The summed E-state index contributed by atoms with van der Waals surface area (Å²) in [6.07, 6.45) is 0. The summed E-state index contributed by atoms with van der Waals surface area (Å²) in [5.74, 6) is 2.31. The molecular weight excluding hydrogens is 404 g/mol. The quantitative estimate of drug-likeness (QED) is 0.472. The van der Waals surface area contributed by atoms with Crippen molar-refractivity contribution in [2.24, 2.45) is 0 Å². The van der Waals surface area contributed by atoms with Gasteiger partial charge in [0, 0.05) is 22.5 Å². The number of aromatic hydroxyl groups is 2. The number of rotatable bonds is 2. The number of nitrogens with zero attached hydrogens (tertiary/aromatic N) is 2. The van der Waals surface area contributed by atoms with E-state index in [0.29, 0.717) is 13.5 Å². The highest BCUT2D eigenvalue weighted by Gasteiger charge is 2.24. The van der Waals surface area contributed by atoms with Crippen molar-refractivity contribution >= 4 is 22.1 Å². The SMILES string of the molecule is Oc1ccc(N2COc3ccc4c5c(ccc4c3C2)OCN(c2ccc(O)cc2)C5)cc1. The van der Waals surface area contributed by atoms with Gasteiger partial charge in [0.2, 0.25) is 0 Å². The molecular formula is C26H22N2O4. The largest absolute Gasteiger partial charge is 0.508 e. The van der Waals surface area contributed by atoms with Crippen molar-refractivity contribution < 1.29 is 19.7 Å². The first-order chi connectivity index (χ1) is 15.7. The minimum Gasteiger partial charge on any atom is -0.508 e. The third-order valence-electron chi connectivity index (χ3n) is 6.22. The van der Waals surface area contributed by atoms with E-state index in [4.69, 9.17) is 9.47 Å². The number of phenols is 2. The standard InChI is InChI=1S/C26H22N2O4/c29-19-5-1-17(2-6-19)27-13-23-21-9-12-26-24(22(21)10-11-25(23)31-15-27)14-28(16-32-26)18-3-7-20(30)8-4-18/h1-12,29-30H,13-16H2. The fourth-order valence-corrected chi connectivity index (χ4v) is 4.51. The first-order valence-electron chi connectivity index (χ1n) is 10.6. The van der Waals surface area contributed by atoms with Gasteiger partial charge < -0.3 is 29.5 Å². The summed E-state index contributed by atoms with van der Waals surface area (Å²) in [6, 6.07) is 22.7. The number of benzene rings is 4. The van der Waals surface area contributed by atoms with Crippen LogP contribution in [0, 0.1) is 0 Å². The Morgan fingerprint density at radius 3 is 1.34 bits per heavy atom. The molecule has 0 radical (unpaired) electrons. The second-order valence-electron chi connectivity index (χ2n) is 8.16. The molecule has 0 saturated carbocycles. The number of ether oxygens (including phenoxy) is 2. The van der Waals surface area contributed by atoms with Gasteiger partial charge in [0.1, 0.15) is 23.0 Å². The Morgan fingerprint density at radius 2 is 0.938 bits per heavy atom. The van der Waals surface area contributed by atoms with Gasteiger partial charge in [0.25, 0.3) is 0 Å². The van der Waals surface area contributed by atoms with Gasteiger partial charge in [-0.15, -0.1) is 0 Å². The van der Waals surface area contributed by atoms with Gasteiger partial charge in [-0.05, 0) is 71.4 Å². The number of phenolic OH excluding ortho intramolecular Hbond substituents is 2. The van der Waals surface area contributed by atoms with Gasteiger partial charge in [0.05, 0.1) is 13.1 Å². The van der Waals surface area contributed by atoms with Crippen LogP contribution < -0.4 is 19.3 Å². The second-order valence-corrected chi connectivity index (χ2v) is 8.16. The van der Waals surface area contributed by atoms with Gasteiger partial charge >= 0.3 is 0 Å². The molecule has 0 amide bonds. The zero-order chi connectivity index (χ0) is 21.7. The molecule has 2 aliphatic heterocycles. The van der Waals surface area contributed by atoms with Crippen LogP contribution in [0.3, 0.4) is 0 Å². The van der Waals surface area contributed by atoms with E-state index in [1.54, 1.807) is 24.3 Å². The van der Waals surface area contributed by atoms with Crippen LogP contribution in [0.15, 0.2) is 72.8 Å². The van der Waals surface area contributed by atoms with Gasteiger partial charge in [0.15, 0.2) is 13.5 Å². The molecule has 6 nitrogen and oxygen atoms in total. The molecule has 6 rings (SSSR count). The molecule has 0 saturated heterocycles. The zero-order valence-electron chi connectivity index (χ0n) is 17.4. The van der Waals surface area contributed by atoms with E-state index >= 15 is 0 Å². The Labute approximate surface area is 185 Å². The van der Waals surface area contributed by atoms with E-state index < -0.39 is 0 Å².